The number of carboxylic acids is 2. The summed E-state index contributed by atoms with van der Waals surface area (Å²) in [6.07, 6.45) is 4.54. The Morgan fingerprint density at radius 3 is 1.88 bits per heavy atom. The summed E-state index contributed by atoms with van der Waals surface area (Å²) in [5.41, 5.74) is 0. The van der Waals surface area contributed by atoms with Crippen molar-refractivity contribution in [3.05, 3.63) is 0 Å². The number of carbonyl (C=O) groups is 2. The summed E-state index contributed by atoms with van der Waals surface area (Å²) in [5.74, 6) is -4.81. The minimum atomic E-state index is -1.47. The lowest BCUT2D eigenvalue weighted by molar-refractivity contribution is -0.551. The van der Waals surface area contributed by atoms with Gasteiger partial charge in [0.15, 0.2) is 5.79 Å². The lowest BCUT2D eigenvalue weighted by Crippen LogP contribution is -2.41. The molecule has 1 rings (SSSR count). The van der Waals surface area contributed by atoms with E-state index >= 15 is 0 Å². The van der Waals surface area contributed by atoms with Crippen LogP contribution in [0.3, 0.4) is 0 Å². The Morgan fingerprint density at radius 1 is 0.885 bits per heavy atom. The molecule has 2 atom stereocenters. The molecule has 2 unspecified atom stereocenters. The Labute approximate surface area is 153 Å². The molecule has 0 radical (unpaired) electrons. The predicted molar refractivity (Wildman–Crippen MR) is 88.8 cm³/mol. The number of rotatable bonds is 13. The Hall–Kier alpha value is -1.26. The molecule has 0 heterocycles. The van der Waals surface area contributed by atoms with Crippen molar-refractivity contribution in [3.8, 4) is 0 Å². The third-order valence-corrected chi connectivity index (χ3v) is 4.32. The van der Waals surface area contributed by atoms with Crippen molar-refractivity contribution in [1.29, 1.82) is 0 Å². The van der Waals surface area contributed by atoms with Gasteiger partial charge in [-0.25, -0.2) is 4.89 Å². The number of aliphatic carboxylic acids is 2. The van der Waals surface area contributed by atoms with E-state index in [1.54, 1.807) is 0 Å². The van der Waals surface area contributed by atoms with Crippen LogP contribution in [0.4, 0.5) is 0 Å². The highest BCUT2D eigenvalue weighted by atomic mass is 17.3. The topological polar surface area (TPSA) is 121 Å². The fourth-order valence-electron chi connectivity index (χ4n) is 2.45. The lowest BCUT2D eigenvalue weighted by atomic mass is 9.98. The zero-order valence-electron chi connectivity index (χ0n) is 15.7. The smallest absolute Gasteiger partial charge is 0.303 e. The standard InChI is InChI=1S/C17H30O9/c1-16(22-3,11-9-14(18)19)25-26-17(2,12-10-15(20)21)24-23-13-7-5-4-6-8-13/h13H,4-12H2,1-3H3,(H,18,19)(H,20,21). The van der Waals surface area contributed by atoms with Crippen LogP contribution in [0.5, 0.6) is 0 Å². The zero-order chi connectivity index (χ0) is 19.6. The van der Waals surface area contributed by atoms with Crippen LogP contribution in [0.2, 0.25) is 0 Å². The molecule has 0 aromatic heterocycles. The highest BCUT2D eigenvalue weighted by Crippen LogP contribution is 2.29. The monoisotopic (exact) mass is 378 g/mol. The molecular weight excluding hydrogens is 348 g/mol. The van der Waals surface area contributed by atoms with Crippen LogP contribution >= 0.6 is 0 Å². The van der Waals surface area contributed by atoms with Crippen molar-refractivity contribution in [2.24, 2.45) is 0 Å². The molecule has 26 heavy (non-hydrogen) atoms. The van der Waals surface area contributed by atoms with E-state index in [1.807, 2.05) is 0 Å². The van der Waals surface area contributed by atoms with Crippen molar-refractivity contribution >= 4 is 11.9 Å². The van der Waals surface area contributed by atoms with Crippen LogP contribution in [0.1, 0.15) is 71.6 Å². The van der Waals surface area contributed by atoms with E-state index in [2.05, 4.69) is 0 Å². The molecule has 1 aliphatic carbocycles. The molecule has 0 aromatic rings. The second kappa shape index (κ2) is 10.8. The molecule has 1 fully saturated rings. The first-order valence-corrected chi connectivity index (χ1v) is 8.88. The average Bonchev–Trinajstić information content (AvgIpc) is 2.62. The van der Waals surface area contributed by atoms with Crippen LogP contribution in [0.15, 0.2) is 0 Å². The van der Waals surface area contributed by atoms with Crippen LogP contribution < -0.4 is 0 Å². The maximum Gasteiger partial charge on any atom is 0.303 e. The van der Waals surface area contributed by atoms with Crippen molar-refractivity contribution in [1.82, 2.24) is 0 Å². The third kappa shape index (κ3) is 8.91. The van der Waals surface area contributed by atoms with Gasteiger partial charge in [-0.05, 0) is 26.7 Å². The Balaban J connectivity index is 2.63. The molecule has 0 spiro atoms. The van der Waals surface area contributed by atoms with Crippen LogP contribution in [0.25, 0.3) is 0 Å². The fourth-order valence-corrected chi connectivity index (χ4v) is 2.45. The van der Waals surface area contributed by atoms with Gasteiger partial charge < -0.3 is 14.9 Å². The van der Waals surface area contributed by atoms with Crippen molar-refractivity contribution in [2.75, 3.05) is 7.11 Å². The molecule has 2 N–H and O–H groups in total. The summed E-state index contributed by atoms with van der Waals surface area (Å²) < 4.78 is 5.18. The van der Waals surface area contributed by atoms with Crippen LogP contribution in [-0.4, -0.2) is 46.9 Å². The highest BCUT2D eigenvalue weighted by molar-refractivity contribution is 5.67. The maximum absolute atomic E-state index is 10.9. The molecule has 0 aliphatic heterocycles. The number of hydrogen-bond acceptors (Lipinski definition) is 7. The van der Waals surface area contributed by atoms with Crippen molar-refractivity contribution < 1.29 is 44.1 Å². The van der Waals surface area contributed by atoms with Gasteiger partial charge in [-0.15, -0.1) is 0 Å². The van der Waals surface area contributed by atoms with E-state index < -0.39 is 23.5 Å². The zero-order valence-corrected chi connectivity index (χ0v) is 15.7. The van der Waals surface area contributed by atoms with Gasteiger partial charge in [0.05, 0.1) is 18.9 Å². The highest BCUT2D eigenvalue weighted by Gasteiger charge is 2.36. The van der Waals surface area contributed by atoms with Crippen molar-refractivity contribution in [2.45, 2.75) is 89.3 Å². The van der Waals surface area contributed by atoms with Gasteiger partial charge >= 0.3 is 11.9 Å². The normalized spacial score (nSPS) is 20.3. The second-order valence-corrected chi connectivity index (χ2v) is 6.87. The molecule has 9 heteroatoms. The molecule has 0 amide bonds. The average molecular weight is 378 g/mol. The maximum atomic E-state index is 10.9. The first-order chi connectivity index (χ1) is 12.2. The summed E-state index contributed by atoms with van der Waals surface area (Å²) in [4.78, 5) is 43.1. The Morgan fingerprint density at radius 2 is 1.38 bits per heavy atom. The molecule has 9 nitrogen and oxygen atoms in total. The van der Waals surface area contributed by atoms with Gasteiger partial charge in [-0.1, -0.05) is 19.3 Å². The van der Waals surface area contributed by atoms with E-state index in [0.29, 0.717) is 0 Å². The molecule has 152 valence electrons. The summed E-state index contributed by atoms with van der Waals surface area (Å²) in [6, 6.07) is 0. The largest absolute Gasteiger partial charge is 0.481 e. The lowest BCUT2D eigenvalue weighted by Gasteiger charge is -2.34. The number of hydrogen-bond donors (Lipinski definition) is 2. The third-order valence-electron chi connectivity index (χ3n) is 4.32. The molecule has 1 aliphatic rings. The molecule has 0 bridgehead atoms. The summed E-state index contributed by atoms with van der Waals surface area (Å²) in [7, 11) is 1.36. The Bertz CT molecular complexity index is 450. The molecule has 1 saturated carbocycles. The molecular formula is C17H30O9. The number of ether oxygens (including phenoxy) is 1. The van der Waals surface area contributed by atoms with Crippen molar-refractivity contribution in [3.63, 3.8) is 0 Å². The minimum absolute atomic E-state index is 0.0201. The SMILES string of the molecule is COC(C)(CCC(=O)O)OOC(C)(CCC(=O)O)OOC1CCCCC1. The summed E-state index contributed by atoms with van der Waals surface area (Å²) >= 11 is 0. The van der Waals surface area contributed by atoms with Gasteiger partial charge in [0.25, 0.3) is 0 Å². The first-order valence-electron chi connectivity index (χ1n) is 8.88. The summed E-state index contributed by atoms with van der Waals surface area (Å²) in [6.45, 7) is 3.03. The fraction of sp³-hybridized carbons (Fsp3) is 0.882. The van der Waals surface area contributed by atoms with Gasteiger partial charge in [0, 0.05) is 20.0 Å². The summed E-state index contributed by atoms with van der Waals surface area (Å²) in [5, 5.41) is 17.7. The minimum Gasteiger partial charge on any atom is -0.481 e. The van der Waals surface area contributed by atoms with E-state index in [4.69, 9.17) is 34.5 Å². The van der Waals surface area contributed by atoms with E-state index in [-0.39, 0.29) is 31.8 Å². The molecule has 0 aromatic carbocycles. The van der Waals surface area contributed by atoms with Gasteiger partial charge in [0.2, 0.25) is 5.79 Å². The van der Waals surface area contributed by atoms with Crippen LogP contribution in [-0.2, 0) is 33.9 Å². The van der Waals surface area contributed by atoms with Gasteiger partial charge in [0.1, 0.15) is 0 Å². The molecule has 0 saturated heterocycles. The van der Waals surface area contributed by atoms with Crippen LogP contribution in [0, 0.1) is 0 Å². The van der Waals surface area contributed by atoms with E-state index in [0.717, 1.165) is 32.1 Å². The predicted octanol–water partition coefficient (Wildman–Crippen LogP) is 3.02. The van der Waals surface area contributed by atoms with Gasteiger partial charge in [-0.3, -0.25) is 9.59 Å². The number of carboxylic acid groups (broad SMARTS) is 2. The second-order valence-electron chi connectivity index (χ2n) is 6.87. The van der Waals surface area contributed by atoms with Gasteiger partial charge in [-0.2, -0.15) is 14.7 Å². The Kier molecular flexibility index (Phi) is 9.45. The number of methoxy groups -OCH3 is 1. The van der Waals surface area contributed by atoms with E-state index in [9.17, 15) is 9.59 Å². The first kappa shape index (κ1) is 22.8. The quantitative estimate of drug-likeness (QED) is 0.283. The van der Waals surface area contributed by atoms with E-state index in [1.165, 1.54) is 21.0 Å².